The van der Waals surface area contributed by atoms with Crippen molar-refractivity contribution in [3.63, 3.8) is 0 Å². The number of H-pyrrole nitrogens is 1. The zero-order valence-electron chi connectivity index (χ0n) is 14.4. The summed E-state index contributed by atoms with van der Waals surface area (Å²) in [7, 11) is 1.71. The number of hydrogen-bond donors (Lipinski definition) is 1. The minimum absolute atomic E-state index is 0.0167. The Morgan fingerprint density at radius 3 is 2.56 bits per heavy atom. The molecular weight excluding hydrogens is 316 g/mol. The Bertz CT molecular complexity index is 972. The number of hydrogen-bond acceptors (Lipinski definition) is 3. The first-order chi connectivity index (χ1) is 11.9. The molecule has 5 heteroatoms. The van der Waals surface area contributed by atoms with Crippen molar-refractivity contribution >= 4 is 28.5 Å². The molecule has 3 rings (SSSR count). The van der Waals surface area contributed by atoms with Gasteiger partial charge in [-0.15, -0.1) is 0 Å². The van der Waals surface area contributed by atoms with Gasteiger partial charge >= 0.3 is 0 Å². The third-order valence-corrected chi connectivity index (χ3v) is 4.45. The third kappa shape index (κ3) is 3.13. The Balaban J connectivity index is 1.98. The smallest absolute Gasteiger partial charge is 0.231 e. The molecule has 0 atom stereocenters. The van der Waals surface area contributed by atoms with E-state index < -0.39 is 5.97 Å². The van der Waals surface area contributed by atoms with Crippen molar-refractivity contribution in [1.82, 2.24) is 4.98 Å². The van der Waals surface area contributed by atoms with Crippen LogP contribution in [0, 0.1) is 13.8 Å². The van der Waals surface area contributed by atoms with Gasteiger partial charge in [-0.25, -0.2) is 0 Å². The van der Waals surface area contributed by atoms with Crippen molar-refractivity contribution < 1.29 is 14.7 Å². The van der Waals surface area contributed by atoms with Gasteiger partial charge in [0, 0.05) is 23.6 Å². The van der Waals surface area contributed by atoms with Crippen LogP contribution in [0.5, 0.6) is 0 Å². The maximum atomic E-state index is 12.8. The number of benzene rings is 2. The van der Waals surface area contributed by atoms with Gasteiger partial charge < -0.3 is 19.8 Å². The molecule has 0 spiro atoms. The van der Waals surface area contributed by atoms with Crippen LogP contribution in [0.3, 0.4) is 0 Å². The predicted octanol–water partition coefficient (Wildman–Crippen LogP) is 2.35. The van der Waals surface area contributed by atoms with Gasteiger partial charge in [0.25, 0.3) is 0 Å². The summed E-state index contributed by atoms with van der Waals surface area (Å²) in [5.41, 5.74) is 3.96. The Morgan fingerprint density at radius 2 is 1.84 bits per heavy atom. The summed E-state index contributed by atoms with van der Waals surface area (Å²) in [6.07, 6.45) is -0.0167. The average molecular weight is 335 g/mol. The zero-order chi connectivity index (χ0) is 18.1. The van der Waals surface area contributed by atoms with E-state index in [4.69, 9.17) is 0 Å². The second kappa shape index (κ2) is 6.43. The van der Waals surface area contributed by atoms with Gasteiger partial charge in [-0.05, 0) is 42.7 Å². The number of nitrogens with one attached hydrogen (secondary N) is 1. The van der Waals surface area contributed by atoms with E-state index in [1.807, 2.05) is 44.2 Å². The number of carboxylic acids is 1. The summed E-state index contributed by atoms with van der Waals surface area (Å²) < 4.78 is 0. The fourth-order valence-electron chi connectivity index (χ4n) is 3.04. The van der Waals surface area contributed by atoms with Gasteiger partial charge in [-0.2, -0.15) is 0 Å². The predicted molar refractivity (Wildman–Crippen MR) is 95.7 cm³/mol. The highest BCUT2D eigenvalue weighted by atomic mass is 16.4. The monoisotopic (exact) mass is 335 g/mol. The number of anilines is 1. The number of carbonyl (C=O) groups excluding carboxylic acids is 2. The van der Waals surface area contributed by atoms with Crippen LogP contribution in [0.2, 0.25) is 0 Å². The molecule has 5 nitrogen and oxygen atoms in total. The lowest BCUT2D eigenvalue weighted by Gasteiger charge is -2.20. The van der Waals surface area contributed by atoms with E-state index in [9.17, 15) is 14.7 Å². The lowest BCUT2D eigenvalue weighted by atomic mass is 10.1. The molecule has 0 aliphatic carbocycles. The van der Waals surface area contributed by atoms with Crippen LogP contribution in [0.15, 0.2) is 42.5 Å². The quantitative estimate of drug-likeness (QED) is 0.795. The summed E-state index contributed by atoms with van der Waals surface area (Å²) in [5, 5.41) is 12.2. The topological polar surface area (TPSA) is 76.2 Å². The first-order valence-electron chi connectivity index (χ1n) is 8.03. The van der Waals surface area contributed by atoms with E-state index in [0.717, 1.165) is 22.2 Å². The highest BCUT2D eigenvalue weighted by molar-refractivity contribution is 6.02. The molecule has 25 heavy (non-hydrogen) atoms. The maximum absolute atomic E-state index is 12.8. The van der Waals surface area contributed by atoms with E-state index >= 15 is 0 Å². The number of aryl methyl sites for hydroxylation is 2. The number of carbonyl (C=O) groups is 2. The van der Waals surface area contributed by atoms with Gasteiger partial charge in [-0.3, -0.25) is 4.79 Å². The fourth-order valence-corrected chi connectivity index (χ4v) is 3.04. The number of nitrogens with zero attached hydrogens (tertiary/aromatic N) is 1. The number of amides is 1. The van der Waals surface area contributed by atoms with Crippen molar-refractivity contribution in [2.75, 3.05) is 11.9 Å². The van der Waals surface area contributed by atoms with Crippen molar-refractivity contribution in [3.05, 3.63) is 64.8 Å². The number of aromatic amines is 1. The molecule has 3 aromatic rings. The standard InChI is InChI=1S/C20H20N2O3/c1-12-8-9-13(2)17(10-12)22(3)18(23)11-15-14-6-4-5-7-16(14)21-19(15)20(24)25/h4-10,21H,11H2,1-3H3,(H,24,25)/p-1. The van der Waals surface area contributed by atoms with Crippen molar-refractivity contribution in [1.29, 1.82) is 0 Å². The molecule has 1 heterocycles. The van der Waals surface area contributed by atoms with Crippen LogP contribution in [0.1, 0.15) is 27.2 Å². The summed E-state index contributed by atoms with van der Waals surface area (Å²) in [6, 6.07) is 13.1. The summed E-state index contributed by atoms with van der Waals surface area (Å²) in [6.45, 7) is 3.91. The normalized spacial score (nSPS) is 10.8. The van der Waals surface area contributed by atoms with Crippen LogP contribution >= 0.6 is 0 Å². The van der Waals surface area contributed by atoms with Crippen molar-refractivity contribution in [3.8, 4) is 0 Å². The van der Waals surface area contributed by atoms with Crippen LogP contribution in [0.25, 0.3) is 10.9 Å². The Morgan fingerprint density at radius 1 is 1.12 bits per heavy atom. The molecule has 0 radical (unpaired) electrons. The number of aromatic carboxylic acids is 1. The molecule has 1 amide bonds. The number of fused-ring (bicyclic) bond motifs is 1. The average Bonchev–Trinajstić information content (AvgIpc) is 2.95. The van der Waals surface area contributed by atoms with Crippen LogP contribution in [-0.2, 0) is 11.2 Å². The molecular formula is C20H19N2O3-. The molecule has 0 fully saturated rings. The molecule has 0 aliphatic rings. The van der Waals surface area contributed by atoms with Gasteiger partial charge in [0.2, 0.25) is 5.91 Å². The Labute approximate surface area is 145 Å². The number of rotatable bonds is 4. The number of likely N-dealkylation sites (N-methyl/N-ethyl adjacent to an activating group) is 1. The second-order valence-corrected chi connectivity index (χ2v) is 6.23. The van der Waals surface area contributed by atoms with Crippen molar-refractivity contribution in [2.45, 2.75) is 20.3 Å². The van der Waals surface area contributed by atoms with E-state index in [2.05, 4.69) is 4.98 Å². The van der Waals surface area contributed by atoms with E-state index in [1.165, 1.54) is 0 Å². The Kier molecular flexibility index (Phi) is 4.31. The van der Waals surface area contributed by atoms with Gasteiger partial charge in [0.1, 0.15) is 0 Å². The summed E-state index contributed by atoms with van der Waals surface area (Å²) >= 11 is 0. The summed E-state index contributed by atoms with van der Waals surface area (Å²) in [4.78, 5) is 28.6. The minimum atomic E-state index is -1.31. The van der Waals surface area contributed by atoms with Crippen molar-refractivity contribution in [2.24, 2.45) is 0 Å². The van der Waals surface area contributed by atoms with Crippen LogP contribution < -0.4 is 10.0 Å². The highest BCUT2D eigenvalue weighted by Crippen LogP contribution is 2.25. The molecule has 128 valence electrons. The summed E-state index contributed by atoms with van der Waals surface area (Å²) in [5.74, 6) is -1.49. The first-order valence-corrected chi connectivity index (χ1v) is 8.03. The Hall–Kier alpha value is -3.08. The lowest BCUT2D eigenvalue weighted by Crippen LogP contribution is -2.30. The fraction of sp³-hybridized carbons (Fsp3) is 0.200. The SMILES string of the molecule is Cc1ccc(C)c(N(C)C(=O)Cc2c(C(=O)[O-])[nH]c3ccccc23)c1. The van der Waals surface area contributed by atoms with Gasteiger partial charge in [-0.1, -0.05) is 30.3 Å². The zero-order valence-corrected chi connectivity index (χ0v) is 14.4. The van der Waals surface area contributed by atoms with Gasteiger partial charge in [0.05, 0.1) is 18.1 Å². The first kappa shape index (κ1) is 16.8. The van der Waals surface area contributed by atoms with E-state index in [1.54, 1.807) is 24.1 Å². The minimum Gasteiger partial charge on any atom is -0.543 e. The molecule has 1 aromatic heterocycles. The molecule has 0 saturated heterocycles. The second-order valence-electron chi connectivity index (χ2n) is 6.23. The maximum Gasteiger partial charge on any atom is 0.231 e. The van der Waals surface area contributed by atoms with Crippen LogP contribution in [-0.4, -0.2) is 23.9 Å². The number of para-hydroxylation sites is 1. The highest BCUT2D eigenvalue weighted by Gasteiger charge is 2.19. The lowest BCUT2D eigenvalue weighted by molar-refractivity contribution is -0.255. The number of carboxylic acid groups (broad SMARTS) is 1. The van der Waals surface area contributed by atoms with Crippen LogP contribution in [0.4, 0.5) is 5.69 Å². The number of aromatic nitrogens is 1. The molecule has 2 aromatic carbocycles. The van der Waals surface area contributed by atoms with E-state index in [0.29, 0.717) is 11.1 Å². The molecule has 0 saturated carbocycles. The molecule has 0 aliphatic heterocycles. The third-order valence-electron chi connectivity index (χ3n) is 4.45. The van der Waals surface area contributed by atoms with Gasteiger partial charge in [0.15, 0.2) is 0 Å². The molecule has 1 N–H and O–H groups in total. The van der Waals surface area contributed by atoms with E-state index in [-0.39, 0.29) is 18.0 Å². The molecule has 0 unspecified atom stereocenters. The largest absolute Gasteiger partial charge is 0.543 e. The molecule has 0 bridgehead atoms.